The van der Waals surface area contributed by atoms with Crippen molar-refractivity contribution < 1.29 is 18.2 Å². The number of hydrogen-bond donors (Lipinski definition) is 1. The fourth-order valence-corrected chi connectivity index (χ4v) is 8.16. The molecule has 0 radical (unpaired) electrons. The molecule has 2 aliphatic carbocycles. The summed E-state index contributed by atoms with van der Waals surface area (Å²) in [7, 11) is -4.15. The van der Waals surface area contributed by atoms with E-state index in [0.29, 0.717) is 29.8 Å². The number of phosphoric acid groups is 1. The molecule has 0 amide bonds. The summed E-state index contributed by atoms with van der Waals surface area (Å²) in [6, 6.07) is 9.04. The van der Waals surface area contributed by atoms with Crippen molar-refractivity contribution in [2.75, 3.05) is 0 Å². The van der Waals surface area contributed by atoms with E-state index in [1.54, 1.807) is 0 Å². The third-order valence-electron chi connectivity index (χ3n) is 9.84. The Kier molecular flexibility index (Phi) is 8.01. The van der Waals surface area contributed by atoms with E-state index in [-0.39, 0.29) is 10.8 Å². The molecule has 214 valence electrons. The zero-order valence-corrected chi connectivity index (χ0v) is 25.8. The lowest BCUT2D eigenvalue weighted by Gasteiger charge is -2.39. The van der Waals surface area contributed by atoms with Crippen molar-refractivity contribution in [1.82, 2.24) is 0 Å². The highest BCUT2D eigenvalue weighted by Gasteiger charge is 2.42. The minimum absolute atomic E-state index is 0.0603. The Bertz CT molecular complexity index is 1160. The maximum Gasteiger partial charge on any atom is 0.604 e. The first-order chi connectivity index (χ1) is 18.5. The maximum absolute atomic E-state index is 14.2. The van der Waals surface area contributed by atoms with E-state index < -0.39 is 7.82 Å². The lowest BCUT2D eigenvalue weighted by Crippen LogP contribution is -2.28. The van der Waals surface area contributed by atoms with Gasteiger partial charge in [0.05, 0.1) is 0 Å². The summed E-state index contributed by atoms with van der Waals surface area (Å²) in [6.07, 6.45) is 12.2. The average molecular weight is 554 g/mol. The topological polar surface area (TPSA) is 70.8 Å². The third-order valence-corrected chi connectivity index (χ3v) is 10.9. The minimum Gasteiger partial charge on any atom is -0.394 e. The van der Waals surface area contributed by atoms with Gasteiger partial charge in [-0.25, -0.2) is 10.5 Å². The molecule has 0 spiro atoms. The van der Waals surface area contributed by atoms with Gasteiger partial charge in [0.1, 0.15) is 11.5 Å². The molecule has 0 bridgehead atoms. The summed E-state index contributed by atoms with van der Waals surface area (Å²) < 4.78 is 32.1. The average Bonchev–Trinajstić information content (AvgIpc) is 2.89. The van der Waals surface area contributed by atoms with Gasteiger partial charge < -0.3 is 9.05 Å². The standard InChI is InChI=1S/C33H48NO4P/c1-22(2)24-17-26-19-27-18-25(23(3)4)21-29(33(6)15-11-8-12-16-33)31(27)37-39(35,38-34)36-30(26)28(20-24)32(5)13-9-7-10-14-32/h17-18,20-23H,7-16,19,34H2,1-6H3. The molecule has 1 heterocycles. The number of phosphoric ester groups is 1. The van der Waals surface area contributed by atoms with Gasteiger partial charge in [0.15, 0.2) is 0 Å². The predicted molar refractivity (Wildman–Crippen MR) is 159 cm³/mol. The van der Waals surface area contributed by atoms with E-state index in [4.69, 9.17) is 19.6 Å². The quantitative estimate of drug-likeness (QED) is 0.295. The zero-order chi connectivity index (χ0) is 28.0. The fourth-order valence-electron chi connectivity index (χ4n) is 7.16. The van der Waals surface area contributed by atoms with Crippen LogP contribution in [0.4, 0.5) is 0 Å². The van der Waals surface area contributed by atoms with Crippen LogP contribution in [0.25, 0.3) is 0 Å². The van der Waals surface area contributed by atoms with E-state index >= 15 is 0 Å². The molecular formula is C33H48NO4P. The van der Waals surface area contributed by atoms with E-state index in [0.717, 1.165) is 47.9 Å². The van der Waals surface area contributed by atoms with Gasteiger partial charge in [0.2, 0.25) is 0 Å². The van der Waals surface area contributed by atoms with Gasteiger partial charge in [-0.05, 0) is 70.6 Å². The second-order valence-corrected chi connectivity index (χ2v) is 15.0. The molecular weight excluding hydrogens is 505 g/mol. The Morgan fingerprint density at radius 2 is 1.10 bits per heavy atom. The molecule has 5 rings (SSSR count). The van der Waals surface area contributed by atoms with Crippen molar-refractivity contribution in [3.63, 3.8) is 0 Å². The van der Waals surface area contributed by atoms with Crippen LogP contribution in [-0.4, -0.2) is 0 Å². The molecule has 1 aliphatic heterocycles. The molecule has 3 aliphatic rings. The number of fused-ring (bicyclic) bond motifs is 2. The summed E-state index contributed by atoms with van der Waals surface area (Å²) in [6.45, 7) is 13.6. The van der Waals surface area contributed by atoms with E-state index in [1.165, 1.54) is 49.7 Å². The van der Waals surface area contributed by atoms with Crippen molar-refractivity contribution in [3.8, 4) is 11.5 Å². The summed E-state index contributed by atoms with van der Waals surface area (Å²) in [5.41, 5.74) is 6.77. The predicted octanol–water partition coefficient (Wildman–Crippen LogP) is 9.74. The summed E-state index contributed by atoms with van der Waals surface area (Å²) in [5.74, 6) is 7.74. The van der Waals surface area contributed by atoms with Crippen molar-refractivity contribution in [2.45, 2.75) is 135 Å². The SMILES string of the molecule is CC(C)c1cc2c(c(C3(C)CCCCC3)c1)OP(=O)(ON)Oc1c(cc(C(C)C)cc1C1(C)CCCCC1)C2. The maximum atomic E-state index is 14.2. The highest BCUT2D eigenvalue weighted by molar-refractivity contribution is 7.49. The van der Waals surface area contributed by atoms with Gasteiger partial charge in [0, 0.05) is 17.5 Å². The first-order valence-electron chi connectivity index (χ1n) is 15.2. The molecule has 2 fully saturated rings. The highest BCUT2D eigenvalue weighted by Crippen LogP contribution is 2.58. The fraction of sp³-hybridized carbons (Fsp3) is 0.636. The Morgan fingerprint density at radius 1 is 0.718 bits per heavy atom. The molecule has 39 heavy (non-hydrogen) atoms. The van der Waals surface area contributed by atoms with E-state index in [1.807, 2.05) is 0 Å². The Morgan fingerprint density at radius 3 is 1.44 bits per heavy atom. The van der Waals surface area contributed by atoms with Crippen LogP contribution >= 0.6 is 7.82 Å². The molecule has 0 unspecified atom stereocenters. The van der Waals surface area contributed by atoms with Crippen LogP contribution in [0.15, 0.2) is 24.3 Å². The molecule has 2 N–H and O–H groups in total. The third kappa shape index (κ3) is 5.56. The zero-order valence-electron chi connectivity index (χ0n) is 24.9. The summed E-state index contributed by atoms with van der Waals surface area (Å²) in [5, 5.41) is 0. The van der Waals surface area contributed by atoms with Crippen LogP contribution in [0.5, 0.6) is 11.5 Å². The molecule has 0 atom stereocenters. The van der Waals surface area contributed by atoms with Gasteiger partial charge in [-0.3, -0.25) is 0 Å². The second-order valence-electron chi connectivity index (χ2n) is 13.6. The smallest absolute Gasteiger partial charge is 0.394 e. The number of benzene rings is 2. The molecule has 0 saturated heterocycles. The van der Waals surface area contributed by atoms with Crippen LogP contribution in [0.2, 0.25) is 0 Å². The van der Waals surface area contributed by atoms with Crippen molar-refractivity contribution in [3.05, 3.63) is 57.6 Å². The monoisotopic (exact) mass is 553 g/mol. The van der Waals surface area contributed by atoms with Gasteiger partial charge in [-0.2, -0.15) is 4.62 Å². The van der Waals surface area contributed by atoms with Crippen molar-refractivity contribution in [1.29, 1.82) is 0 Å². The van der Waals surface area contributed by atoms with Crippen LogP contribution in [0, 0.1) is 0 Å². The molecule has 2 saturated carbocycles. The van der Waals surface area contributed by atoms with Crippen LogP contribution in [0.3, 0.4) is 0 Å². The Balaban J connectivity index is 1.77. The number of nitrogens with two attached hydrogens (primary N) is 1. The highest BCUT2D eigenvalue weighted by atomic mass is 31.2. The lowest BCUT2D eigenvalue weighted by atomic mass is 9.69. The molecule has 0 aromatic heterocycles. The van der Waals surface area contributed by atoms with Crippen molar-refractivity contribution in [2.24, 2.45) is 5.90 Å². The van der Waals surface area contributed by atoms with Gasteiger partial charge >= 0.3 is 7.82 Å². The van der Waals surface area contributed by atoms with Crippen LogP contribution in [-0.2, 0) is 26.4 Å². The van der Waals surface area contributed by atoms with Crippen molar-refractivity contribution >= 4 is 7.82 Å². The van der Waals surface area contributed by atoms with Gasteiger partial charge in [-0.1, -0.05) is 104 Å². The van der Waals surface area contributed by atoms with Gasteiger partial charge in [0.25, 0.3) is 0 Å². The molecule has 2 aromatic rings. The van der Waals surface area contributed by atoms with Crippen LogP contribution < -0.4 is 14.9 Å². The van der Waals surface area contributed by atoms with E-state index in [9.17, 15) is 4.57 Å². The van der Waals surface area contributed by atoms with Gasteiger partial charge in [-0.15, -0.1) is 0 Å². The first-order valence-corrected chi connectivity index (χ1v) is 16.7. The summed E-state index contributed by atoms with van der Waals surface area (Å²) >= 11 is 0. The molecule has 6 heteroatoms. The Labute approximate surface area is 235 Å². The van der Waals surface area contributed by atoms with Crippen LogP contribution in [0.1, 0.15) is 151 Å². The largest absolute Gasteiger partial charge is 0.604 e. The van der Waals surface area contributed by atoms with E-state index in [2.05, 4.69) is 65.8 Å². The summed E-state index contributed by atoms with van der Waals surface area (Å²) in [4.78, 5) is 0. The minimum atomic E-state index is -4.15. The molecule has 2 aromatic carbocycles. The number of rotatable bonds is 5. The molecule has 5 nitrogen and oxygen atoms in total. The Hall–Kier alpha value is -1.81. The lowest BCUT2D eigenvalue weighted by molar-refractivity contribution is 0.206. The normalized spacial score (nSPS) is 21.8. The second kappa shape index (κ2) is 10.9. The number of hydrogen-bond acceptors (Lipinski definition) is 5. The first kappa shape index (κ1) is 28.7.